The molecule has 2 aromatic rings. The van der Waals surface area contributed by atoms with Gasteiger partial charge in [0.1, 0.15) is 0 Å². The molecule has 0 aromatic heterocycles. The second-order valence-electron chi connectivity index (χ2n) is 6.51. The molecule has 2 N–H and O–H groups in total. The van der Waals surface area contributed by atoms with Gasteiger partial charge in [-0.05, 0) is 60.7 Å². The lowest BCUT2D eigenvalue weighted by Crippen LogP contribution is -2.31. The predicted octanol–water partition coefficient (Wildman–Crippen LogP) is 3.72. The highest BCUT2D eigenvalue weighted by molar-refractivity contribution is 7.89. The monoisotopic (exact) mass is 356 g/mol. The van der Waals surface area contributed by atoms with E-state index in [1.807, 2.05) is 12.1 Å². The molecule has 0 aliphatic carbocycles. The fraction of sp³-hybridized carbons (Fsp3) is 0.300. The van der Waals surface area contributed by atoms with Crippen LogP contribution < -0.4 is 10.0 Å². The molecule has 0 radical (unpaired) electrons. The Morgan fingerprint density at radius 2 is 1.68 bits per heavy atom. The maximum Gasteiger partial charge on any atom is 0.238 e. The van der Waals surface area contributed by atoms with Gasteiger partial charge in [0.05, 0.1) is 4.90 Å². The van der Waals surface area contributed by atoms with Crippen molar-refractivity contribution in [3.8, 4) is 0 Å². The summed E-state index contributed by atoms with van der Waals surface area (Å²) in [4.78, 5) is 2.45. The summed E-state index contributed by atoms with van der Waals surface area (Å²) in [5.74, 6) is 0. The first-order chi connectivity index (χ1) is 11.9. The molecule has 0 spiro atoms. The first-order valence-corrected chi connectivity index (χ1v) is 10.1. The minimum atomic E-state index is -3.64. The van der Waals surface area contributed by atoms with Gasteiger partial charge in [0, 0.05) is 18.8 Å². The summed E-state index contributed by atoms with van der Waals surface area (Å²) in [7, 11) is -3.64. The van der Waals surface area contributed by atoms with Crippen LogP contribution in [0.5, 0.6) is 0 Å². The molecule has 1 aliphatic heterocycles. The molecule has 25 heavy (non-hydrogen) atoms. The fourth-order valence-electron chi connectivity index (χ4n) is 3.32. The van der Waals surface area contributed by atoms with Crippen LogP contribution in [0.25, 0.3) is 5.57 Å². The number of hydrogen-bond acceptors (Lipinski definition) is 3. The van der Waals surface area contributed by atoms with E-state index in [0.717, 1.165) is 31.6 Å². The van der Waals surface area contributed by atoms with E-state index >= 15 is 0 Å². The van der Waals surface area contributed by atoms with E-state index in [-0.39, 0.29) is 4.90 Å². The highest BCUT2D eigenvalue weighted by Gasteiger charge is 2.19. The maximum atomic E-state index is 11.4. The van der Waals surface area contributed by atoms with Crippen molar-refractivity contribution in [2.75, 3.05) is 18.0 Å². The zero-order valence-corrected chi connectivity index (χ0v) is 15.5. The summed E-state index contributed by atoms with van der Waals surface area (Å²) in [6.07, 6.45) is 2.00. The van der Waals surface area contributed by atoms with Gasteiger partial charge in [-0.15, -0.1) is 0 Å². The van der Waals surface area contributed by atoms with Gasteiger partial charge in [-0.25, -0.2) is 13.6 Å². The van der Waals surface area contributed by atoms with Gasteiger partial charge in [-0.2, -0.15) is 0 Å². The molecule has 1 aliphatic rings. The van der Waals surface area contributed by atoms with Crippen molar-refractivity contribution >= 4 is 21.3 Å². The molecule has 0 amide bonds. The molecular weight excluding hydrogens is 332 g/mol. The summed E-state index contributed by atoms with van der Waals surface area (Å²) in [6, 6.07) is 15.6. The molecule has 0 atom stereocenters. The van der Waals surface area contributed by atoms with Gasteiger partial charge in [-0.1, -0.05) is 36.8 Å². The molecule has 0 bridgehead atoms. The van der Waals surface area contributed by atoms with Crippen LogP contribution in [0.3, 0.4) is 0 Å². The highest BCUT2D eigenvalue weighted by atomic mass is 32.2. The van der Waals surface area contributed by atoms with Crippen LogP contribution in [0, 0.1) is 6.92 Å². The molecule has 4 nitrogen and oxygen atoms in total. The Balaban J connectivity index is 1.85. The van der Waals surface area contributed by atoms with Gasteiger partial charge in [0.25, 0.3) is 0 Å². The predicted molar refractivity (Wildman–Crippen MR) is 103 cm³/mol. The summed E-state index contributed by atoms with van der Waals surface area (Å²) in [5, 5.41) is 5.17. The van der Waals surface area contributed by atoms with E-state index in [4.69, 9.17) is 5.14 Å². The quantitative estimate of drug-likeness (QED) is 0.908. The summed E-state index contributed by atoms with van der Waals surface area (Å²) >= 11 is 0. The molecular formula is C20H24N2O2S. The zero-order valence-electron chi connectivity index (χ0n) is 14.7. The third-order valence-corrected chi connectivity index (χ3v) is 5.73. The first-order valence-electron chi connectivity index (χ1n) is 8.54. The zero-order chi connectivity index (χ0) is 18.0. The van der Waals surface area contributed by atoms with Crippen molar-refractivity contribution in [1.29, 1.82) is 0 Å². The number of hydrogen-bond donors (Lipinski definition) is 1. The first kappa shape index (κ1) is 17.7. The number of aryl methyl sites for hydroxylation is 1. The largest absolute Gasteiger partial charge is 0.367 e. The molecule has 0 fully saturated rings. The van der Waals surface area contributed by atoms with Crippen molar-refractivity contribution in [2.45, 2.75) is 31.6 Å². The maximum absolute atomic E-state index is 11.4. The number of nitrogens with two attached hydrogens (primary N) is 1. The van der Waals surface area contributed by atoms with Crippen LogP contribution in [0.15, 0.2) is 59.0 Å². The van der Waals surface area contributed by atoms with Crippen molar-refractivity contribution in [2.24, 2.45) is 5.14 Å². The number of primary sulfonamides is 1. The summed E-state index contributed by atoms with van der Waals surface area (Å²) < 4.78 is 22.8. The molecule has 0 saturated heterocycles. The Kier molecular flexibility index (Phi) is 4.97. The third-order valence-electron chi connectivity index (χ3n) is 4.80. The number of rotatable bonds is 4. The summed E-state index contributed by atoms with van der Waals surface area (Å²) in [5.41, 5.74) is 6.49. The Hall–Kier alpha value is -2.11. The Morgan fingerprint density at radius 3 is 2.24 bits per heavy atom. The van der Waals surface area contributed by atoms with E-state index in [0.29, 0.717) is 0 Å². The number of nitrogens with zero attached hydrogens (tertiary/aromatic N) is 1. The molecule has 3 rings (SSSR count). The van der Waals surface area contributed by atoms with Gasteiger partial charge in [-0.3, -0.25) is 0 Å². The van der Waals surface area contributed by atoms with Crippen molar-refractivity contribution in [3.05, 3.63) is 65.2 Å². The minimum absolute atomic E-state index is 0.153. The fourth-order valence-corrected chi connectivity index (χ4v) is 3.84. The Labute approximate surface area is 150 Å². The lowest BCUT2D eigenvalue weighted by atomic mass is 9.91. The van der Waals surface area contributed by atoms with Gasteiger partial charge >= 0.3 is 0 Å². The molecule has 5 heteroatoms. The van der Waals surface area contributed by atoms with Crippen LogP contribution in [0.2, 0.25) is 0 Å². The molecule has 0 unspecified atom stereocenters. The van der Waals surface area contributed by atoms with Crippen molar-refractivity contribution in [3.63, 3.8) is 0 Å². The minimum Gasteiger partial charge on any atom is -0.367 e. The van der Waals surface area contributed by atoms with Gasteiger partial charge < -0.3 is 4.90 Å². The third kappa shape index (κ3) is 3.94. The average Bonchev–Trinajstić information content (AvgIpc) is 2.61. The van der Waals surface area contributed by atoms with Gasteiger partial charge in [0.15, 0.2) is 0 Å². The molecule has 132 valence electrons. The summed E-state index contributed by atoms with van der Waals surface area (Å²) in [6.45, 7) is 6.08. The molecule has 0 saturated carbocycles. The van der Waals surface area contributed by atoms with E-state index in [1.165, 1.54) is 22.3 Å². The Morgan fingerprint density at radius 1 is 1.04 bits per heavy atom. The average molecular weight is 356 g/mol. The number of benzene rings is 2. The van der Waals surface area contributed by atoms with Crippen LogP contribution in [-0.2, 0) is 10.0 Å². The normalized spacial score (nSPS) is 15.6. The van der Waals surface area contributed by atoms with E-state index in [9.17, 15) is 8.42 Å². The van der Waals surface area contributed by atoms with E-state index in [1.54, 1.807) is 12.1 Å². The van der Waals surface area contributed by atoms with Crippen molar-refractivity contribution in [1.82, 2.24) is 0 Å². The van der Waals surface area contributed by atoms with Crippen LogP contribution in [0.4, 0.5) is 5.69 Å². The lowest BCUT2D eigenvalue weighted by Gasteiger charge is -2.33. The molecule has 2 aromatic carbocycles. The topological polar surface area (TPSA) is 63.4 Å². The molecule has 1 heterocycles. The van der Waals surface area contributed by atoms with E-state index in [2.05, 4.69) is 43.0 Å². The van der Waals surface area contributed by atoms with Crippen LogP contribution in [-0.4, -0.2) is 21.5 Å². The second kappa shape index (κ2) is 7.02. The van der Waals surface area contributed by atoms with Crippen LogP contribution >= 0.6 is 0 Å². The van der Waals surface area contributed by atoms with Gasteiger partial charge in [0.2, 0.25) is 10.0 Å². The van der Waals surface area contributed by atoms with Crippen LogP contribution in [0.1, 0.15) is 30.9 Å². The Bertz CT molecular complexity index is 882. The standard InChI is InChI=1S/C20H24N2O2S/c1-3-16-14-22(18-8-10-19(11-9-18)25(21,23)24)13-12-20(16)17-6-4-15(2)5-7-17/h4-11H,3,12-14H2,1-2H3,(H2,21,23,24). The smallest absolute Gasteiger partial charge is 0.238 e. The number of sulfonamides is 1. The SMILES string of the molecule is CCC1=C(c2ccc(C)cc2)CCN(c2ccc(S(N)(=O)=O)cc2)C1. The van der Waals surface area contributed by atoms with Crippen molar-refractivity contribution < 1.29 is 8.42 Å². The van der Waals surface area contributed by atoms with E-state index < -0.39 is 10.0 Å². The lowest BCUT2D eigenvalue weighted by molar-refractivity contribution is 0.598. The number of anilines is 1. The second-order valence-corrected chi connectivity index (χ2v) is 8.07. The highest BCUT2D eigenvalue weighted by Crippen LogP contribution is 2.32.